The highest BCUT2D eigenvalue weighted by atomic mass is 15.1. The van der Waals surface area contributed by atoms with Crippen LogP contribution >= 0.6 is 0 Å². The minimum absolute atomic E-state index is 0.357. The quantitative estimate of drug-likeness (QED) is 0.426. The molecular formula is C24H23N. The number of nitrogens with zero attached hydrogens (tertiary/aromatic N) is 1. The van der Waals surface area contributed by atoms with E-state index in [-0.39, 0.29) is 0 Å². The maximum Gasteiger partial charge on any atom is 0.0382 e. The lowest BCUT2D eigenvalue weighted by molar-refractivity contribution is 0.298. The minimum Gasteiger partial charge on any atom is -0.302 e. The van der Waals surface area contributed by atoms with Gasteiger partial charge in [0.05, 0.1) is 0 Å². The molecule has 0 fully saturated rings. The molecule has 4 aromatic rings. The van der Waals surface area contributed by atoms with Crippen LogP contribution in [0.2, 0.25) is 0 Å². The molecule has 1 heteroatoms. The van der Waals surface area contributed by atoms with Crippen molar-refractivity contribution in [2.45, 2.75) is 12.5 Å². The Balaban J connectivity index is 1.91. The summed E-state index contributed by atoms with van der Waals surface area (Å²) in [7, 11) is 4.34. The second-order valence-electron chi connectivity index (χ2n) is 6.89. The van der Waals surface area contributed by atoms with Crippen molar-refractivity contribution < 1.29 is 0 Å². The summed E-state index contributed by atoms with van der Waals surface area (Å²) in [5.41, 5.74) is 2.81. The van der Waals surface area contributed by atoms with Crippen LogP contribution in [0.3, 0.4) is 0 Å². The zero-order valence-corrected chi connectivity index (χ0v) is 14.8. The van der Waals surface area contributed by atoms with Crippen molar-refractivity contribution in [2.24, 2.45) is 0 Å². The largest absolute Gasteiger partial charge is 0.302 e. The van der Waals surface area contributed by atoms with E-state index in [9.17, 15) is 0 Å². The highest BCUT2D eigenvalue weighted by molar-refractivity contribution is 6.02. The van der Waals surface area contributed by atoms with Crippen LogP contribution in [0.4, 0.5) is 0 Å². The summed E-state index contributed by atoms with van der Waals surface area (Å²) < 4.78 is 0. The molecule has 0 bridgehead atoms. The van der Waals surface area contributed by atoms with E-state index in [4.69, 9.17) is 0 Å². The second-order valence-corrected chi connectivity index (χ2v) is 6.89. The molecule has 0 N–H and O–H groups in total. The van der Waals surface area contributed by atoms with E-state index in [0.717, 1.165) is 6.42 Å². The first-order valence-corrected chi connectivity index (χ1v) is 8.85. The first-order chi connectivity index (χ1) is 12.2. The fraction of sp³-hybridized carbons (Fsp3) is 0.167. The van der Waals surface area contributed by atoms with Crippen molar-refractivity contribution in [3.63, 3.8) is 0 Å². The fourth-order valence-electron chi connectivity index (χ4n) is 3.80. The van der Waals surface area contributed by atoms with Crippen LogP contribution in [0.25, 0.3) is 21.5 Å². The van der Waals surface area contributed by atoms with Crippen LogP contribution < -0.4 is 0 Å². The Morgan fingerprint density at radius 1 is 0.680 bits per heavy atom. The molecule has 1 atom stereocenters. The van der Waals surface area contributed by atoms with Gasteiger partial charge in [-0.25, -0.2) is 0 Å². The Bertz CT molecular complexity index is 948. The van der Waals surface area contributed by atoms with E-state index < -0.39 is 0 Å². The Labute approximate surface area is 149 Å². The number of fused-ring (bicyclic) bond motifs is 2. The van der Waals surface area contributed by atoms with Gasteiger partial charge in [0.15, 0.2) is 0 Å². The van der Waals surface area contributed by atoms with Gasteiger partial charge in [0.25, 0.3) is 0 Å². The average molecular weight is 325 g/mol. The fourth-order valence-corrected chi connectivity index (χ4v) is 3.80. The van der Waals surface area contributed by atoms with E-state index in [1.54, 1.807) is 0 Å². The lowest BCUT2D eigenvalue weighted by Crippen LogP contribution is -2.22. The molecular weight excluding hydrogens is 302 g/mol. The molecule has 0 radical (unpaired) electrons. The standard InChI is InChI=1S/C24H23N/c1-25(2)24(18-10-4-3-5-11-18)17-23-21-14-8-6-12-19(21)16-20-13-7-9-15-22(20)23/h3-16,24H,17H2,1-2H3. The molecule has 0 aliphatic heterocycles. The molecule has 25 heavy (non-hydrogen) atoms. The Morgan fingerprint density at radius 3 is 1.76 bits per heavy atom. The van der Waals surface area contributed by atoms with E-state index >= 15 is 0 Å². The number of likely N-dealkylation sites (N-methyl/N-ethyl adjacent to an activating group) is 1. The molecule has 1 unspecified atom stereocenters. The topological polar surface area (TPSA) is 3.24 Å². The number of hydrogen-bond acceptors (Lipinski definition) is 1. The highest BCUT2D eigenvalue weighted by Gasteiger charge is 2.17. The average Bonchev–Trinajstić information content (AvgIpc) is 2.65. The summed E-state index contributed by atoms with van der Waals surface area (Å²) in [5, 5.41) is 5.37. The van der Waals surface area contributed by atoms with Gasteiger partial charge in [-0.15, -0.1) is 0 Å². The summed E-state index contributed by atoms with van der Waals surface area (Å²) in [6.07, 6.45) is 0.999. The van der Waals surface area contributed by atoms with Gasteiger partial charge in [0.2, 0.25) is 0 Å². The van der Waals surface area contributed by atoms with Crippen molar-refractivity contribution in [1.29, 1.82) is 0 Å². The van der Waals surface area contributed by atoms with Gasteiger partial charge in [0.1, 0.15) is 0 Å². The molecule has 0 saturated carbocycles. The summed E-state index contributed by atoms with van der Waals surface area (Å²) in [6, 6.07) is 31.0. The summed E-state index contributed by atoms with van der Waals surface area (Å²) in [6.45, 7) is 0. The first kappa shape index (κ1) is 15.9. The van der Waals surface area contributed by atoms with E-state index in [2.05, 4.69) is 104 Å². The number of rotatable bonds is 4. The second kappa shape index (κ2) is 6.70. The number of benzene rings is 4. The molecule has 4 rings (SSSR count). The lowest BCUT2D eigenvalue weighted by Gasteiger charge is -2.26. The molecule has 0 heterocycles. The Kier molecular flexibility index (Phi) is 4.25. The van der Waals surface area contributed by atoms with Crippen LogP contribution in [0.15, 0.2) is 84.9 Å². The molecule has 1 nitrogen and oxygen atoms in total. The summed E-state index contributed by atoms with van der Waals surface area (Å²) >= 11 is 0. The van der Waals surface area contributed by atoms with Crippen LogP contribution in [0, 0.1) is 0 Å². The molecule has 0 aliphatic carbocycles. The third-order valence-electron chi connectivity index (χ3n) is 5.09. The van der Waals surface area contributed by atoms with Crippen molar-refractivity contribution >= 4 is 21.5 Å². The van der Waals surface area contributed by atoms with Crippen LogP contribution in [-0.2, 0) is 6.42 Å². The molecule has 0 aliphatic rings. The van der Waals surface area contributed by atoms with Crippen LogP contribution in [0.1, 0.15) is 17.2 Å². The molecule has 0 saturated heterocycles. The molecule has 0 aromatic heterocycles. The van der Waals surface area contributed by atoms with Gasteiger partial charge in [-0.2, -0.15) is 0 Å². The van der Waals surface area contributed by atoms with Gasteiger partial charge in [-0.1, -0.05) is 78.9 Å². The monoisotopic (exact) mass is 325 g/mol. The molecule has 4 aromatic carbocycles. The van der Waals surface area contributed by atoms with Crippen LogP contribution in [-0.4, -0.2) is 19.0 Å². The third kappa shape index (κ3) is 3.04. The third-order valence-corrected chi connectivity index (χ3v) is 5.09. The zero-order chi connectivity index (χ0) is 17.2. The normalized spacial score (nSPS) is 12.8. The van der Waals surface area contributed by atoms with E-state index in [1.807, 2.05) is 0 Å². The van der Waals surface area contributed by atoms with Gasteiger partial charge in [0, 0.05) is 6.04 Å². The summed E-state index contributed by atoms with van der Waals surface area (Å²) in [4.78, 5) is 2.33. The maximum absolute atomic E-state index is 2.33. The van der Waals surface area contributed by atoms with E-state index in [1.165, 1.54) is 32.7 Å². The summed E-state index contributed by atoms with van der Waals surface area (Å²) in [5.74, 6) is 0. The Morgan fingerprint density at radius 2 is 1.20 bits per heavy atom. The smallest absolute Gasteiger partial charge is 0.0382 e. The number of hydrogen-bond donors (Lipinski definition) is 0. The van der Waals surface area contributed by atoms with Gasteiger partial charge in [-0.3, -0.25) is 0 Å². The van der Waals surface area contributed by atoms with Crippen molar-refractivity contribution in [3.05, 3.63) is 96.1 Å². The molecule has 124 valence electrons. The lowest BCUT2D eigenvalue weighted by atomic mass is 9.90. The Hall–Kier alpha value is -2.64. The van der Waals surface area contributed by atoms with Crippen molar-refractivity contribution in [3.8, 4) is 0 Å². The SMILES string of the molecule is CN(C)C(Cc1c2ccccc2cc2ccccc12)c1ccccc1. The van der Waals surface area contributed by atoms with Crippen molar-refractivity contribution in [2.75, 3.05) is 14.1 Å². The maximum atomic E-state index is 2.33. The van der Waals surface area contributed by atoms with Crippen LogP contribution in [0.5, 0.6) is 0 Å². The van der Waals surface area contributed by atoms with E-state index in [0.29, 0.717) is 6.04 Å². The van der Waals surface area contributed by atoms with Gasteiger partial charge >= 0.3 is 0 Å². The predicted octanol–water partition coefficient (Wildman–Crippen LogP) is 5.84. The first-order valence-electron chi connectivity index (χ1n) is 8.85. The minimum atomic E-state index is 0.357. The zero-order valence-electron chi connectivity index (χ0n) is 14.8. The van der Waals surface area contributed by atoms with Gasteiger partial charge in [-0.05, 0) is 59.3 Å². The highest BCUT2D eigenvalue weighted by Crippen LogP contribution is 2.33. The molecule has 0 amide bonds. The van der Waals surface area contributed by atoms with Gasteiger partial charge < -0.3 is 4.90 Å². The molecule has 0 spiro atoms. The predicted molar refractivity (Wildman–Crippen MR) is 108 cm³/mol. The van der Waals surface area contributed by atoms with Crippen molar-refractivity contribution in [1.82, 2.24) is 4.90 Å².